The predicted molar refractivity (Wildman–Crippen MR) is 55.4 cm³/mol. The van der Waals surface area contributed by atoms with Gasteiger partial charge in [-0.25, -0.2) is 0 Å². The molecule has 0 saturated carbocycles. The number of nitrogens with one attached hydrogen (secondary N) is 1. The molecule has 0 bridgehead atoms. The Morgan fingerprint density at radius 2 is 2.17 bits per heavy atom. The fourth-order valence-corrected chi connectivity index (χ4v) is 1.27. The molecule has 0 saturated heterocycles. The molecule has 0 aromatic rings. The van der Waals surface area contributed by atoms with E-state index in [1.54, 1.807) is 6.08 Å². The van der Waals surface area contributed by atoms with E-state index >= 15 is 0 Å². The predicted octanol–water partition coefficient (Wildman–Crippen LogP) is 1.11. The average Bonchev–Trinajstić information content (AvgIpc) is 1.85. The molecule has 0 aromatic carbocycles. The van der Waals surface area contributed by atoms with Crippen LogP contribution in [0, 0.1) is 0 Å². The maximum Gasteiger partial charge on any atom is 0.136 e. The van der Waals surface area contributed by atoms with Gasteiger partial charge < -0.3 is 4.55 Å². The molecule has 2 atom stereocenters. The normalized spacial score (nSPS) is 17.0. The van der Waals surface area contributed by atoms with Crippen LogP contribution in [-0.4, -0.2) is 23.1 Å². The molecule has 1 unspecified atom stereocenters. The SMILES string of the molecule is [B][C@@H](CC=C)N[S+]([O-])C(C)(C)C. The average molecular weight is 185 g/mol. The largest absolute Gasteiger partial charge is 0.598 e. The Kier molecular flexibility index (Phi) is 4.98. The highest BCUT2D eigenvalue weighted by molar-refractivity contribution is 7.90. The van der Waals surface area contributed by atoms with Crippen LogP contribution in [0.2, 0.25) is 0 Å². The minimum atomic E-state index is -1.09. The van der Waals surface area contributed by atoms with Crippen LogP contribution in [-0.2, 0) is 11.4 Å². The topological polar surface area (TPSA) is 35.1 Å². The van der Waals surface area contributed by atoms with Gasteiger partial charge in [0.15, 0.2) is 0 Å². The van der Waals surface area contributed by atoms with E-state index in [2.05, 4.69) is 11.3 Å². The molecule has 12 heavy (non-hydrogen) atoms. The molecule has 0 aliphatic heterocycles. The Morgan fingerprint density at radius 3 is 2.50 bits per heavy atom. The molecule has 0 aromatic heterocycles. The lowest BCUT2D eigenvalue weighted by Gasteiger charge is -2.26. The van der Waals surface area contributed by atoms with Crippen molar-refractivity contribution in [2.24, 2.45) is 0 Å². The third-order valence-electron chi connectivity index (χ3n) is 1.24. The number of hydrogen-bond donors (Lipinski definition) is 1. The standard InChI is InChI=1S/C8H16BNOS/c1-5-6-7(9)10-12(11)8(2,3)4/h5,7,10H,1,6H2,2-4H3/t7-,12?/m1/s1. The highest BCUT2D eigenvalue weighted by atomic mass is 32.2. The van der Waals surface area contributed by atoms with Crippen molar-refractivity contribution in [3.8, 4) is 0 Å². The first kappa shape index (κ1) is 12.1. The minimum absolute atomic E-state index is 0.262. The maximum absolute atomic E-state index is 11.4. The molecular weight excluding hydrogens is 169 g/mol. The fourth-order valence-electron chi connectivity index (χ4n) is 0.542. The number of hydrogen-bond acceptors (Lipinski definition) is 2. The van der Waals surface area contributed by atoms with Crippen molar-refractivity contribution < 1.29 is 4.55 Å². The Morgan fingerprint density at radius 1 is 1.67 bits per heavy atom. The zero-order valence-electron chi connectivity index (χ0n) is 7.96. The first-order valence-corrected chi connectivity index (χ1v) is 5.07. The molecule has 1 N–H and O–H groups in total. The smallest absolute Gasteiger partial charge is 0.136 e. The Bertz CT molecular complexity index is 146. The summed E-state index contributed by atoms with van der Waals surface area (Å²) in [5.41, 5.74) is 0. The third kappa shape index (κ3) is 4.85. The van der Waals surface area contributed by atoms with Crippen molar-refractivity contribution in [3.63, 3.8) is 0 Å². The summed E-state index contributed by atoms with van der Waals surface area (Å²) in [4.78, 5) is 0. The fraction of sp³-hybridized carbons (Fsp3) is 0.750. The van der Waals surface area contributed by atoms with Crippen LogP contribution in [0.3, 0.4) is 0 Å². The lowest BCUT2D eigenvalue weighted by molar-refractivity contribution is 0.540. The lowest BCUT2D eigenvalue weighted by Crippen LogP contribution is -2.44. The van der Waals surface area contributed by atoms with Gasteiger partial charge in [0.2, 0.25) is 0 Å². The lowest BCUT2D eigenvalue weighted by atomic mass is 9.95. The first-order valence-electron chi connectivity index (χ1n) is 3.92. The van der Waals surface area contributed by atoms with Gasteiger partial charge in [0.25, 0.3) is 0 Å². The van der Waals surface area contributed by atoms with Gasteiger partial charge in [-0.3, -0.25) is 0 Å². The van der Waals surface area contributed by atoms with E-state index < -0.39 is 11.4 Å². The third-order valence-corrected chi connectivity index (χ3v) is 2.86. The van der Waals surface area contributed by atoms with Gasteiger partial charge in [-0.05, 0) is 27.2 Å². The Balaban J connectivity index is 3.83. The molecule has 0 rings (SSSR count). The van der Waals surface area contributed by atoms with Crippen LogP contribution in [0.4, 0.5) is 0 Å². The van der Waals surface area contributed by atoms with Crippen LogP contribution in [0.25, 0.3) is 0 Å². The summed E-state index contributed by atoms with van der Waals surface area (Å²) in [7, 11) is 5.61. The molecule has 0 amide bonds. The Hall–Kier alpha value is 0.0749. The van der Waals surface area contributed by atoms with Crippen LogP contribution in [0.1, 0.15) is 27.2 Å². The van der Waals surface area contributed by atoms with Crippen LogP contribution in [0.15, 0.2) is 12.7 Å². The molecule has 0 heterocycles. The van der Waals surface area contributed by atoms with E-state index in [0.29, 0.717) is 6.42 Å². The molecular formula is C8H16BNOS. The summed E-state index contributed by atoms with van der Waals surface area (Å²) < 4.78 is 14.0. The number of rotatable bonds is 4. The van der Waals surface area contributed by atoms with Gasteiger partial charge in [0.05, 0.1) is 7.85 Å². The summed E-state index contributed by atoms with van der Waals surface area (Å²) >= 11 is -1.09. The maximum atomic E-state index is 11.4. The second-order valence-corrected chi connectivity index (χ2v) is 5.63. The van der Waals surface area contributed by atoms with Crippen molar-refractivity contribution in [2.75, 3.05) is 0 Å². The zero-order chi connectivity index (χ0) is 9.78. The molecule has 0 aliphatic carbocycles. The van der Waals surface area contributed by atoms with Gasteiger partial charge in [-0.2, -0.15) is 0 Å². The molecule has 2 nitrogen and oxygen atoms in total. The van der Waals surface area contributed by atoms with Gasteiger partial charge in [-0.15, -0.1) is 11.3 Å². The van der Waals surface area contributed by atoms with E-state index in [1.165, 1.54) is 0 Å². The van der Waals surface area contributed by atoms with E-state index in [4.69, 9.17) is 7.85 Å². The summed E-state index contributed by atoms with van der Waals surface area (Å²) in [6, 6.07) is 0. The second kappa shape index (κ2) is 4.95. The first-order chi connectivity index (χ1) is 5.38. The van der Waals surface area contributed by atoms with E-state index in [1.807, 2.05) is 20.8 Å². The molecule has 2 radical (unpaired) electrons. The van der Waals surface area contributed by atoms with E-state index in [9.17, 15) is 4.55 Å². The zero-order valence-corrected chi connectivity index (χ0v) is 8.78. The van der Waals surface area contributed by atoms with Crippen molar-refractivity contribution in [3.05, 3.63) is 12.7 Å². The van der Waals surface area contributed by atoms with E-state index in [0.717, 1.165) is 0 Å². The quantitative estimate of drug-likeness (QED) is 0.404. The van der Waals surface area contributed by atoms with Gasteiger partial charge in [-0.1, -0.05) is 6.08 Å². The molecule has 68 valence electrons. The van der Waals surface area contributed by atoms with Crippen molar-refractivity contribution in [1.29, 1.82) is 0 Å². The van der Waals surface area contributed by atoms with Gasteiger partial charge in [0, 0.05) is 17.3 Å². The second-order valence-electron chi connectivity index (χ2n) is 3.63. The van der Waals surface area contributed by atoms with Crippen LogP contribution in [0.5, 0.6) is 0 Å². The molecule has 0 spiro atoms. The molecule has 0 aliphatic rings. The van der Waals surface area contributed by atoms with E-state index in [-0.39, 0.29) is 10.7 Å². The summed E-state index contributed by atoms with van der Waals surface area (Å²) in [5, 5.41) is 0. The van der Waals surface area contributed by atoms with Gasteiger partial charge >= 0.3 is 0 Å². The summed E-state index contributed by atoms with van der Waals surface area (Å²) in [6.45, 7) is 9.25. The monoisotopic (exact) mass is 185 g/mol. The highest BCUT2D eigenvalue weighted by Gasteiger charge is 2.27. The van der Waals surface area contributed by atoms with Crippen LogP contribution >= 0.6 is 0 Å². The minimum Gasteiger partial charge on any atom is -0.598 e. The van der Waals surface area contributed by atoms with Crippen molar-refractivity contribution >= 4 is 19.2 Å². The highest BCUT2D eigenvalue weighted by Crippen LogP contribution is 2.13. The summed E-state index contributed by atoms with van der Waals surface area (Å²) in [6.07, 6.45) is 2.33. The summed E-state index contributed by atoms with van der Waals surface area (Å²) in [5.74, 6) is -0.262. The van der Waals surface area contributed by atoms with Gasteiger partial charge in [0.1, 0.15) is 4.75 Å². The van der Waals surface area contributed by atoms with Crippen LogP contribution < -0.4 is 4.72 Å². The molecule has 4 heteroatoms. The Labute approximate surface area is 79.5 Å². The van der Waals surface area contributed by atoms with Crippen molar-refractivity contribution in [1.82, 2.24) is 4.72 Å². The molecule has 0 fully saturated rings. The van der Waals surface area contributed by atoms with Crippen molar-refractivity contribution in [2.45, 2.75) is 37.9 Å².